The Morgan fingerprint density at radius 1 is 0.782 bits per heavy atom. The predicted octanol–water partition coefficient (Wildman–Crippen LogP) is 5.03. The highest BCUT2D eigenvalue weighted by Crippen LogP contribution is 2.29. The summed E-state index contributed by atoms with van der Waals surface area (Å²) in [5.41, 5.74) is 5.94. The van der Waals surface area contributed by atoms with Crippen LogP contribution in [-0.4, -0.2) is 80.5 Å². The minimum absolute atomic E-state index is 0.0920. The lowest BCUT2D eigenvalue weighted by Crippen LogP contribution is -2.42. The number of nitrogens with one attached hydrogen (secondary N) is 2. The first-order valence-corrected chi connectivity index (χ1v) is 19.9. The number of imide groups is 1. The summed E-state index contributed by atoms with van der Waals surface area (Å²) in [5.74, 6) is 0.732. The fraction of sp³-hybridized carbons (Fsp3) is 0.366. The van der Waals surface area contributed by atoms with Crippen molar-refractivity contribution >= 4 is 47.4 Å². The number of amides is 3. The predicted molar refractivity (Wildman–Crippen MR) is 217 cm³/mol. The average molecular weight is 791 g/mol. The topological polar surface area (TPSA) is 177 Å². The van der Waals surface area contributed by atoms with Crippen molar-refractivity contribution in [3.63, 3.8) is 0 Å². The third kappa shape index (κ3) is 14.4. The van der Waals surface area contributed by atoms with Gasteiger partial charge in [0, 0.05) is 19.4 Å². The van der Waals surface area contributed by atoms with Gasteiger partial charge in [-0.2, -0.15) is 11.8 Å². The second-order valence-corrected chi connectivity index (χ2v) is 15.0. The SMILES string of the molecule is CCc1ccc(C(O)COc2ccc(CC(C)(SC=O)C(=O)NC)cc2)nc1.CCc1ccc(C(O)COc2ccc(CC(SC)C(=O)NC=O)cc2)nc1. The largest absolute Gasteiger partial charge is 0.490 e. The van der Waals surface area contributed by atoms with E-state index in [0.717, 1.165) is 46.9 Å². The third-order valence-electron chi connectivity index (χ3n) is 8.61. The lowest BCUT2D eigenvalue weighted by molar-refractivity contribution is -0.125. The highest BCUT2D eigenvalue weighted by atomic mass is 32.2. The van der Waals surface area contributed by atoms with E-state index in [9.17, 15) is 29.4 Å². The van der Waals surface area contributed by atoms with Gasteiger partial charge in [-0.3, -0.25) is 34.5 Å². The molecule has 12 nitrogen and oxygen atoms in total. The monoisotopic (exact) mass is 790 g/mol. The Bertz CT molecular complexity index is 1780. The molecule has 3 amide bonds. The minimum atomic E-state index is -0.870. The van der Waals surface area contributed by atoms with E-state index in [1.165, 1.54) is 11.8 Å². The Labute approximate surface area is 331 Å². The lowest BCUT2D eigenvalue weighted by Gasteiger charge is -2.24. The zero-order chi connectivity index (χ0) is 40.2. The molecule has 4 rings (SSSR count). The Balaban J connectivity index is 0.000000296. The Hall–Kier alpha value is -4.76. The fourth-order valence-electron chi connectivity index (χ4n) is 5.21. The zero-order valence-corrected chi connectivity index (χ0v) is 33.4. The first kappa shape index (κ1) is 44.6. The maximum Gasteiger partial charge on any atom is 0.239 e. The van der Waals surface area contributed by atoms with Crippen molar-refractivity contribution in [2.45, 2.75) is 68.7 Å². The number of hydrogen-bond acceptors (Lipinski definition) is 12. The number of carbonyl (C=O) groups is 4. The summed E-state index contributed by atoms with van der Waals surface area (Å²) in [5, 5.41) is 24.9. The van der Waals surface area contributed by atoms with Crippen LogP contribution in [-0.2, 0) is 44.9 Å². The molecule has 4 aromatic rings. The molecule has 14 heteroatoms. The number of aliphatic hydroxyl groups is 2. The molecule has 0 bridgehead atoms. The van der Waals surface area contributed by atoms with Gasteiger partial charge in [0.05, 0.1) is 16.6 Å². The van der Waals surface area contributed by atoms with Gasteiger partial charge in [-0.05, 0) is 97.5 Å². The van der Waals surface area contributed by atoms with Crippen molar-refractivity contribution in [2.24, 2.45) is 0 Å². The van der Waals surface area contributed by atoms with Crippen LogP contribution in [0, 0.1) is 0 Å². The molecule has 0 aliphatic heterocycles. The van der Waals surface area contributed by atoms with Gasteiger partial charge in [0.25, 0.3) is 0 Å². The summed E-state index contributed by atoms with van der Waals surface area (Å²) >= 11 is 2.35. The van der Waals surface area contributed by atoms with E-state index in [1.54, 1.807) is 56.7 Å². The highest BCUT2D eigenvalue weighted by Gasteiger charge is 2.33. The number of aryl methyl sites for hydroxylation is 2. The molecule has 0 saturated carbocycles. The van der Waals surface area contributed by atoms with E-state index in [1.807, 2.05) is 48.7 Å². The van der Waals surface area contributed by atoms with Crippen molar-refractivity contribution in [1.82, 2.24) is 20.6 Å². The van der Waals surface area contributed by atoms with Gasteiger partial charge >= 0.3 is 0 Å². The van der Waals surface area contributed by atoms with E-state index in [4.69, 9.17) is 9.47 Å². The second-order valence-electron chi connectivity index (χ2n) is 12.6. The number of pyridine rings is 2. The standard InChI is InChI=1S/C21H26N2O4S.C20H24N2O4S/c1-4-15-7-10-18(23-12-15)19(25)13-27-17-8-5-16(6-9-17)11-21(2,28-14-24)20(26)22-3;1-3-14-6-9-17(21-11-14)18(24)12-26-16-7-4-15(5-8-16)10-19(27-2)20(25)22-13-23/h5-10,12,14,19,25H,4,11,13H2,1-3H3,(H,22,26);4-9,11,13,18-19,24H,3,10,12H2,1-2H3,(H,22,23,25). The second kappa shape index (κ2) is 23.2. The summed E-state index contributed by atoms with van der Waals surface area (Å²) in [6, 6.07) is 22.1. The molecular formula is C41H50N4O8S2. The van der Waals surface area contributed by atoms with Crippen LogP contribution in [0.5, 0.6) is 11.5 Å². The van der Waals surface area contributed by atoms with Crippen molar-refractivity contribution < 1.29 is 38.9 Å². The van der Waals surface area contributed by atoms with Crippen molar-refractivity contribution in [1.29, 1.82) is 0 Å². The van der Waals surface area contributed by atoms with Crippen molar-refractivity contribution in [2.75, 3.05) is 26.5 Å². The molecule has 0 spiro atoms. The van der Waals surface area contributed by atoms with E-state index < -0.39 is 17.0 Å². The van der Waals surface area contributed by atoms with Crippen LogP contribution >= 0.6 is 23.5 Å². The number of aromatic nitrogens is 2. The molecule has 0 saturated heterocycles. The van der Waals surface area contributed by atoms with E-state index in [0.29, 0.717) is 47.8 Å². The van der Waals surface area contributed by atoms with Crippen molar-refractivity contribution in [3.8, 4) is 11.5 Å². The van der Waals surface area contributed by atoms with Crippen LogP contribution in [0.2, 0.25) is 0 Å². The molecular weight excluding hydrogens is 741 g/mol. The van der Waals surface area contributed by atoms with Crippen LogP contribution in [0.1, 0.15) is 66.6 Å². The number of thioether (sulfide) groups is 2. The van der Waals surface area contributed by atoms with Gasteiger partial charge in [0.1, 0.15) is 41.7 Å². The van der Waals surface area contributed by atoms with E-state index in [2.05, 4.69) is 34.4 Å². The van der Waals surface area contributed by atoms with Gasteiger partial charge in [-0.1, -0.05) is 62.0 Å². The van der Waals surface area contributed by atoms with Gasteiger partial charge in [0.15, 0.2) is 5.62 Å². The van der Waals surface area contributed by atoms with Crippen LogP contribution in [0.15, 0.2) is 85.2 Å². The molecule has 0 aliphatic carbocycles. The molecule has 2 aromatic heterocycles. The molecule has 0 fully saturated rings. The Morgan fingerprint density at radius 3 is 1.64 bits per heavy atom. The van der Waals surface area contributed by atoms with Crippen LogP contribution in [0.25, 0.3) is 0 Å². The van der Waals surface area contributed by atoms with Gasteiger partial charge in [-0.25, -0.2) is 0 Å². The van der Waals surface area contributed by atoms with Crippen LogP contribution in [0.3, 0.4) is 0 Å². The molecule has 4 N–H and O–H groups in total. The average Bonchev–Trinajstić information content (AvgIpc) is 3.22. The maximum atomic E-state index is 12.1. The molecule has 55 heavy (non-hydrogen) atoms. The zero-order valence-electron chi connectivity index (χ0n) is 31.8. The molecule has 0 aliphatic rings. The quantitative estimate of drug-likeness (QED) is 0.0880. The molecule has 4 unspecified atom stereocenters. The summed E-state index contributed by atoms with van der Waals surface area (Å²) in [6.45, 7) is 6.04. The highest BCUT2D eigenvalue weighted by molar-refractivity contribution is 8.13. The summed E-state index contributed by atoms with van der Waals surface area (Å²) < 4.78 is 10.4. The van der Waals surface area contributed by atoms with Gasteiger partial charge in [-0.15, -0.1) is 0 Å². The molecule has 2 aromatic carbocycles. The number of hydrogen-bond donors (Lipinski definition) is 4. The Kier molecular flexibility index (Phi) is 18.8. The minimum Gasteiger partial charge on any atom is -0.490 e. The number of carbonyl (C=O) groups excluding carboxylic acids is 4. The molecule has 294 valence electrons. The molecule has 0 radical (unpaired) electrons. The van der Waals surface area contributed by atoms with E-state index >= 15 is 0 Å². The van der Waals surface area contributed by atoms with Crippen LogP contribution in [0.4, 0.5) is 0 Å². The summed E-state index contributed by atoms with van der Waals surface area (Å²) in [4.78, 5) is 53.7. The third-order valence-corrected chi connectivity index (χ3v) is 10.5. The summed E-state index contributed by atoms with van der Waals surface area (Å²) in [6.07, 6.45) is 6.86. The first-order valence-electron chi connectivity index (χ1n) is 17.8. The van der Waals surface area contributed by atoms with Gasteiger partial charge < -0.3 is 25.0 Å². The van der Waals surface area contributed by atoms with Crippen molar-refractivity contribution in [3.05, 3.63) is 119 Å². The maximum absolute atomic E-state index is 12.1. The normalized spacial score (nSPS) is 13.4. The Morgan fingerprint density at radius 2 is 1.25 bits per heavy atom. The van der Waals surface area contributed by atoms with E-state index in [-0.39, 0.29) is 30.3 Å². The first-order chi connectivity index (χ1) is 26.5. The number of aliphatic hydroxyl groups excluding tert-OH is 2. The number of rotatable bonds is 20. The van der Waals surface area contributed by atoms with Crippen LogP contribution < -0.4 is 20.1 Å². The lowest BCUT2D eigenvalue weighted by atomic mass is 9.99. The number of ether oxygens (including phenoxy) is 2. The number of benzene rings is 2. The fourth-order valence-corrected chi connectivity index (χ4v) is 6.53. The van der Waals surface area contributed by atoms with Gasteiger partial charge in [0.2, 0.25) is 18.2 Å². The smallest absolute Gasteiger partial charge is 0.239 e. The summed E-state index contributed by atoms with van der Waals surface area (Å²) in [7, 11) is 1.55. The molecule has 4 atom stereocenters. The number of nitrogens with zero attached hydrogens (tertiary/aromatic N) is 2. The molecule has 2 heterocycles.